The molecule has 4 rings (SSSR count). The molecule has 1 aromatic carbocycles. The minimum absolute atomic E-state index is 0.00429. The van der Waals surface area contributed by atoms with E-state index in [2.05, 4.69) is 29.0 Å². The molecule has 0 bridgehead atoms. The molecule has 1 amide bonds. The molecule has 11 heteroatoms. The summed E-state index contributed by atoms with van der Waals surface area (Å²) in [6.45, 7) is 8.27. The van der Waals surface area contributed by atoms with Crippen molar-refractivity contribution in [3.8, 4) is 0 Å². The summed E-state index contributed by atoms with van der Waals surface area (Å²) in [5.74, 6) is 0.336. The van der Waals surface area contributed by atoms with Gasteiger partial charge >= 0.3 is 6.18 Å². The first-order valence-corrected chi connectivity index (χ1v) is 14.1. The monoisotopic (exact) mass is 538 g/mol. The Balaban J connectivity index is 1.35. The van der Waals surface area contributed by atoms with E-state index in [1.165, 1.54) is 16.4 Å². The van der Waals surface area contributed by atoms with Crippen LogP contribution in [0, 0.1) is 11.8 Å². The SMILES string of the molecule is CCS(=O)(=O)N1CC(CCNC(=O)c2cnc3c(c2)CN(Cc2ccc(C(F)(F)F)cc2)[C@H]3C(C)C)C1. The van der Waals surface area contributed by atoms with Crippen LogP contribution in [-0.2, 0) is 29.3 Å². The number of hydrogen-bond donors (Lipinski definition) is 1. The van der Waals surface area contributed by atoms with E-state index in [0.29, 0.717) is 44.7 Å². The third-order valence-electron chi connectivity index (χ3n) is 7.13. The lowest BCUT2D eigenvalue weighted by atomic mass is 9.98. The standard InChI is InChI=1S/C26H33F3N4O3S/c1-4-37(35,36)33-14-19(15-33)9-10-30-25(34)20-11-21-16-32(24(17(2)3)23(21)31-12-20)13-18-5-7-22(8-6-18)26(27,28)29/h5-8,11-12,17,19,24H,4,9-10,13-16H2,1-3H3,(H,30,34)/t24-/m0/s1. The van der Waals surface area contributed by atoms with Crippen molar-refractivity contribution < 1.29 is 26.4 Å². The molecule has 0 unspecified atom stereocenters. The van der Waals surface area contributed by atoms with Crippen molar-refractivity contribution >= 4 is 15.9 Å². The summed E-state index contributed by atoms with van der Waals surface area (Å²) in [7, 11) is -3.14. The van der Waals surface area contributed by atoms with E-state index in [0.717, 1.165) is 29.0 Å². The molecule has 7 nitrogen and oxygen atoms in total. The minimum Gasteiger partial charge on any atom is -0.352 e. The van der Waals surface area contributed by atoms with E-state index in [-0.39, 0.29) is 29.5 Å². The number of amides is 1. The molecular weight excluding hydrogens is 505 g/mol. The summed E-state index contributed by atoms with van der Waals surface area (Å²) in [5, 5.41) is 2.91. The topological polar surface area (TPSA) is 82.6 Å². The maximum atomic E-state index is 12.9. The highest BCUT2D eigenvalue weighted by atomic mass is 32.2. The Morgan fingerprint density at radius 1 is 1.19 bits per heavy atom. The quantitative estimate of drug-likeness (QED) is 0.517. The lowest BCUT2D eigenvalue weighted by Crippen LogP contribution is -2.51. The number of nitrogens with zero attached hydrogens (tertiary/aromatic N) is 3. The second-order valence-corrected chi connectivity index (χ2v) is 12.4. The van der Waals surface area contributed by atoms with Crippen LogP contribution in [-0.4, -0.2) is 53.9 Å². The molecule has 2 aliphatic heterocycles. The fourth-order valence-electron chi connectivity index (χ4n) is 5.06. The zero-order chi connectivity index (χ0) is 27.0. The molecule has 1 atom stereocenters. The first kappa shape index (κ1) is 27.5. The fourth-order valence-corrected chi connectivity index (χ4v) is 6.30. The van der Waals surface area contributed by atoms with Crippen LogP contribution in [0.3, 0.4) is 0 Å². The summed E-state index contributed by atoms with van der Waals surface area (Å²) in [4.78, 5) is 19.5. The maximum Gasteiger partial charge on any atom is 0.416 e. The van der Waals surface area contributed by atoms with Crippen molar-refractivity contribution in [1.82, 2.24) is 19.5 Å². The van der Waals surface area contributed by atoms with Gasteiger partial charge in [0.15, 0.2) is 0 Å². The smallest absolute Gasteiger partial charge is 0.352 e. The first-order chi connectivity index (χ1) is 17.4. The highest BCUT2D eigenvalue weighted by molar-refractivity contribution is 7.89. The average Bonchev–Trinajstić information content (AvgIpc) is 3.17. The van der Waals surface area contributed by atoms with Crippen molar-refractivity contribution in [2.75, 3.05) is 25.4 Å². The van der Waals surface area contributed by atoms with Gasteiger partial charge in [-0.1, -0.05) is 26.0 Å². The molecular formula is C26H33F3N4O3S. The summed E-state index contributed by atoms with van der Waals surface area (Å²) >= 11 is 0. The van der Waals surface area contributed by atoms with Crippen LogP contribution in [0.4, 0.5) is 13.2 Å². The number of carbonyl (C=O) groups excluding carboxylic acids is 1. The number of pyridine rings is 1. The second-order valence-electron chi connectivity index (χ2n) is 10.2. The Morgan fingerprint density at radius 2 is 1.86 bits per heavy atom. The van der Waals surface area contributed by atoms with E-state index in [9.17, 15) is 26.4 Å². The van der Waals surface area contributed by atoms with Gasteiger partial charge in [0.2, 0.25) is 10.0 Å². The third-order valence-corrected chi connectivity index (χ3v) is 8.94. The summed E-state index contributed by atoms with van der Waals surface area (Å²) in [5.41, 5.74) is 2.41. The zero-order valence-corrected chi connectivity index (χ0v) is 22.1. The molecule has 0 aliphatic carbocycles. The number of sulfonamides is 1. The number of aromatic nitrogens is 1. The normalized spacial score (nSPS) is 19.2. The molecule has 1 saturated heterocycles. The van der Waals surface area contributed by atoms with Crippen molar-refractivity contribution in [3.05, 3.63) is 64.5 Å². The van der Waals surface area contributed by atoms with E-state index < -0.39 is 21.8 Å². The number of carbonyl (C=O) groups is 1. The molecule has 0 radical (unpaired) electrons. The molecule has 0 spiro atoms. The van der Waals surface area contributed by atoms with Crippen LogP contribution in [0.25, 0.3) is 0 Å². The van der Waals surface area contributed by atoms with Gasteiger partial charge in [0.05, 0.1) is 28.6 Å². The number of fused-ring (bicyclic) bond motifs is 1. The summed E-state index contributed by atoms with van der Waals surface area (Å²) < 4.78 is 63.9. The van der Waals surface area contributed by atoms with Gasteiger partial charge in [-0.3, -0.25) is 14.7 Å². The highest BCUT2D eigenvalue weighted by Crippen LogP contribution is 2.39. The first-order valence-electron chi connectivity index (χ1n) is 12.5. The average molecular weight is 539 g/mol. The van der Waals surface area contributed by atoms with E-state index in [4.69, 9.17) is 0 Å². The molecule has 202 valence electrons. The molecule has 3 heterocycles. The highest BCUT2D eigenvalue weighted by Gasteiger charge is 2.36. The number of hydrogen-bond acceptors (Lipinski definition) is 5. The van der Waals surface area contributed by atoms with E-state index in [1.54, 1.807) is 13.1 Å². The molecule has 1 aromatic heterocycles. The minimum atomic E-state index is -4.36. The number of alkyl halides is 3. The van der Waals surface area contributed by atoms with Crippen LogP contribution in [0.5, 0.6) is 0 Å². The number of benzene rings is 1. The zero-order valence-electron chi connectivity index (χ0n) is 21.3. The summed E-state index contributed by atoms with van der Waals surface area (Å²) in [6.07, 6.45) is -2.09. The Kier molecular flexibility index (Phi) is 7.96. The van der Waals surface area contributed by atoms with Gasteiger partial charge in [0.1, 0.15) is 0 Å². The fraction of sp³-hybridized carbons (Fsp3) is 0.538. The van der Waals surface area contributed by atoms with Crippen molar-refractivity contribution in [2.24, 2.45) is 11.8 Å². The van der Waals surface area contributed by atoms with Gasteiger partial charge < -0.3 is 5.32 Å². The molecule has 37 heavy (non-hydrogen) atoms. The van der Waals surface area contributed by atoms with Gasteiger partial charge in [-0.15, -0.1) is 0 Å². The Labute approximate surface area is 216 Å². The predicted octanol–water partition coefficient (Wildman–Crippen LogP) is 4.21. The maximum absolute atomic E-state index is 12.9. The number of nitrogens with one attached hydrogen (secondary N) is 1. The largest absolute Gasteiger partial charge is 0.416 e. The van der Waals surface area contributed by atoms with Crippen LogP contribution < -0.4 is 5.32 Å². The molecule has 1 N–H and O–H groups in total. The van der Waals surface area contributed by atoms with Crippen molar-refractivity contribution in [1.29, 1.82) is 0 Å². The second kappa shape index (κ2) is 10.7. The van der Waals surface area contributed by atoms with E-state index >= 15 is 0 Å². The molecule has 0 saturated carbocycles. The molecule has 1 fully saturated rings. The van der Waals surface area contributed by atoms with E-state index in [1.807, 2.05) is 6.07 Å². The number of rotatable bonds is 9. The third kappa shape index (κ3) is 6.15. The van der Waals surface area contributed by atoms with Gasteiger partial charge in [-0.25, -0.2) is 12.7 Å². The predicted molar refractivity (Wildman–Crippen MR) is 134 cm³/mol. The van der Waals surface area contributed by atoms with Gasteiger partial charge in [0, 0.05) is 38.9 Å². The van der Waals surface area contributed by atoms with Crippen molar-refractivity contribution in [2.45, 2.75) is 52.5 Å². The lowest BCUT2D eigenvalue weighted by Gasteiger charge is -2.37. The van der Waals surface area contributed by atoms with Crippen LogP contribution in [0.1, 0.15) is 66.0 Å². The van der Waals surface area contributed by atoms with Gasteiger partial charge in [-0.2, -0.15) is 13.2 Å². The Hall–Kier alpha value is -2.50. The Bertz CT molecular complexity index is 1230. The molecule has 2 aromatic rings. The van der Waals surface area contributed by atoms with Crippen LogP contribution in [0.2, 0.25) is 0 Å². The van der Waals surface area contributed by atoms with Crippen LogP contribution >= 0.6 is 0 Å². The van der Waals surface area contributed by atoms with Gasteiger partial charge in [-0.05, 0) is 54.5 Å². The Morgan fingerprint density at radius 3 is 2.46 bits per heavy atom. The van der Waals surface area contributed by atoms with Crippen molar-refractivity contribution in [3.63, 3.8) is 0 Å². The summed E-state index contributed by atoms with van der Waals surface area (Å²) in [6, 6.07) is 7.07. The van der Waals surface area contributed by atoms with Gasteiger partial charge in [0.25, 0.3) is 5.91 Å². The number of halogens is 3. The molecule has 2 aliphatic rings. The lowest BCUT2D eigenvalue weighted by molar-refractivity contribution is -0.137. The van der Waals surface area contributed by atoms with Crippen LogP contribution in [0.15, 0.2) is 36.5 Å².